The van der Waals surface area contributed by atoms with Crippen LogP contribution in [-0.4, -0.2) is 31.4 Å². The molecule has 1 aromatic rings. The molecule has 1 aliphatic carbocycles. The molecule has 0 saturated carbocycles. The zero-order chi connectivity index (χ0) is 17.8. The predicted molar refractivity (Wildman–Crippen MR) is 98.4 cm³/mol. The Morgan fingerprint density at radius 3 is 2.67 bits per heavy atom. The first kappa shape index (κ1) is 17.9. The Kier molecular flexibility index (Phi) is 4.36. The Morgan fingerprint density at radius 1 is 1.38 bits per heavy atom. The highest BCUT2D eigenvalue weighted by Crippen LogP contribution is 2.40. The summed E-state index contributed by atoms with van der Waals surface area (Å²) in [6.07, 6.45) is 3.75. The highest BCUT2D eigenvalue weighted by molar-refractivity contribution is 7.91. The van der Waals surface area contributed by atoms with Gasteiger partial charge >= 0.3 is 0 Å². The van der Waals surface area contributed by atoms with E-state index in [1.54, 1.807) is 11.3 Å². The maximum Gasteiger partial charge on any atom is 0.261 e. The van der Waals surface area contributed by atoms with E-state index in [0.29, 0.717) is 12.3 Å². The van der Waals surface area contributed by atoms with Crippen LogP contribution in [0.15, 0.2) is 6.07 Å². The summed E-state index contributed by atoms with van der Waals surface area (Å²) >= 11 is 1.58. The Hall–Kier alpha value is -0.880. The number of carbonyl (C=O) groups is 1. The van der Waals surface area contributed by atoms with Gasteiger partial charge in [0.05, 0.1) is 21.9 Å². The Balaban J connectivity index is 1.73. The maximum absolute atomic E-state index is 12.6. The first-order valence-electron chi connectivity index (χ1n) is 8.62. The third kappa shape index (κ3) is 3.69. The molecule has 2 aliphatic rings. The molecule has 4 nitrogen and oxygen atoms in total. The van der Waals surface area contributed by atoms with Gasteiger partial charge in [0, 0.05) is 4.88 Å². The third-order valence-corrected chi connectivity index (χ3v) is 8.59. The van der Waals surface area contributed by atoms with Crippen molar-refractivity contribution in [1.82, 2.24) is 5.32 Å². The van der Waals surface area contributed by atoms with Crippen LogP contribution >= 0.6 is 11.3 Å². The summed E-state index contributed by atoms with van der Waals surface area (Å²) in [5, 5.41) is 2.97. The van der Waals surface area contributed by atoms with Crippen molar-refractivity contribution in [2.24, 2.45) is 11.3 Å². The van der Waals surface area contributed by atoms with E-state index < -0.39 is 15.4 Å². The van der Waals surface area contributed by atoms with Gasteiger partial charge in [-0.2, -0.15) is 0 Å². The smallest absolute Gasteiger partial charge is 0.261 e. The number of thiophene rings is 1. The number of fused-ring (bicyclic) bond motifs is 1. The second-order valence-corrected chi connectivity index (χ2v) is 12.0. The lowest BCUT2D eigenvalue weighted by atomic mass is 9.72. The van der Waals surface area contributed by atoms with Crippen molar-refractivity contribution in [3.63, 3.8) is 0 Å². The normalized spacial score (nSPS) is 29.2. The molecule has 6 heteroatoms. The number of sulfone groups is 1. The van der Waals surface area contributed by atoms with Gasteiger partial charge < -0.3 is 5.32 Å². The Labute approximate surface area is 149 Å². The standard InChI is InChI=1S/C18H27NO3S2/c1-17(2,3)13-5-6-14-12(9-13)10-15(23-14)16(20)19-18(4)7-8-24(21,22)11-18/h10,13H,5-9,11H2,1-4H3,(H,19,20)/t13-,18+/m0/s1. The van der Waals surface area contributed by atoms with Crippen molar-refractivity contribution in [3.8, 4) is 0 Å². The number of aryl methyl sites for hydroxylation is 1. The van der Waals surface area contributed by atoms with Gasteiger partial charge in [-0.25, -0.2) is 8.42 Å². The van der Waals surface area contributed by atoms with Crippen LogP contribution in [-0.2, 0) is 22.7 Å². The van der Waals surface area contributed by atoms with Crippen LogP contribution in [0.5, 0.6) is 0 Å². The molecule has 0 unspecified atom stereocenters. The quantitative estimate of drug-likeness (QED) is 0.871. The van der Waals surface area contributed by atoms with Gasteiger partial charge in [0.25, 0.3) is 5.91 Å². The molecule has 1 fully saturated rings. The Morgan fingerprint density at radius 2 is 2.08 bits per heavy atom. The van der Waals surface area contributed by atoms with Crippen LogP contribution in [0.4, 0.5) is 0 Å². The second-order valence-electron chi connectivity index (χ2n) is 8.72. The molecule has 0 spiro atoms. The number of amides is 1. The number of hydrogen-bond acceptors (Lipinski definition) is 4. The van der Waals surface area contributed by atoms with Crippen LogP contribution < -0.4 is 5.32 Å². The van der Waals surface area contributed by atoms with E-state index in [1.165, 1.54) is 16.9 Å². The zero-order valence-corrected chi connectivity index (χ0v) is 16.6. The van der Waals surface area contributed by atoms with Gasteiger partial charge in [-0.15, -0.1) is 11.3 Å². The molecule has 24 heavy (non-hydrogen) atoms. The largest absolute Gasteiger partial charge is 0.345 e. The van der Waals surface area contributed by atoms with Crippen molar-refractivity contribution in [2.45, 2.75) is 58.9 Å². The SMILES string of the molecule is CC(C)(C)[C@H]1CCc2sc(C(=O)N[C@]3(C)CCS(=O)(=O)C3)cc2C1. The van der Waals surface area contributed by atoms with E-state index in [9.17, 15) is 13.2 Å². The van der Waals surface area contributed by atoms with Gasteiger partial charge in [-0.3, -0.25) is 4.79 Å². The van der Waals surface area contributed by atoms with Crippen molar-refractivity contribution in [2.75, 3.05) is 11.5 Å². The van der Waals surface area contributed by atoms with E-state index >= 15 is 0 Å². The summed E-state index contributed by atoms with van der Waals surface area (Å²) in [6.45, 7) is 8.68. The molecular weight excluding hydrogens is 342 g/mol. The molecule has 0 aromatic carbocycles. The highest BCUT2D eigenvalue weighted by atomic mass is 32.2. The molecule has 2 heterocycles. The van der Waals surface area contributed by atoms with E-state index in [1.807, 2.05) is 13.0 Å². The average Bonchev–Trinajstić information content (AvgIpc) is 2.97. The number of carbonyl (C=O) groups excluding carboxylic acids is 1. The second kappa shape index (κ2) is 5.84. The fourth-order valence-corrected chi connectivity index (χ4v) is 7.02. The topological polar surface area (TPSA) is 63.2 Å². The average molecular weight is 370 g/mol. The van der Waals surface area contributed by atoms with Crippen LogP contribution in [0.2, 0.25) is 0 Å². The lowest BCUT2D eigenvalue weighted by Crippen LogP contribution is -2.46. The summed E-state index contributed by atoms with van der Waals surface area (Å²) in [5.41, 5.74) is 0.961. The van der Waals surface area contributed by atoms with Crippen molar-refractivity contribution in [3.05, 3.63) is 21.4 Å². The lowest BCUT2D eigenvalue weighted by molar-refractivity contribution is 0.0919. The molecule has 1 saturated heterocycles. The number of hydrogen-bond donors (Lipinski definition) is 1. The van der Waals surface area contributed by atoms with Gasteiger partial charge in [-0.05, 0) is 55.6 Å². The van der Waals surface area contributed by atoms with E-state index in [2.05, 4.69) is 26.1 Å². The number of nitrogens with one attached hydrogen (secondary N) is 1. The van der Waals surface area contributed by atoms with E-state index in [0.717, 1.165) is 17.7 Å². The Bertz CT molecular complexity index is 758. The van der Waals surface area contributed by atoms with E-state index in [4.69, 9.17) is 0 Å². The third-order valence-electron chi connectivity index (χ3n) is 5.45. The van der Waals surface area contributed by atoms with E-state index in [-0.39, 0.29) is 22.8 Å². The molecule has 0 bridgehead atoms. The number of rotatable bonds is 2. The molecule has 134 valence electrons. The first-order valence-corrected chi connectivity index (χ1v) is 11.3. The maximum atomic E-state index is 12.6. The molecule has 3 rings (SSSR count). The molecule has 2 atom stereocenters. The van der Waals surface area contributed by atoms with Crippen molar-refractivity contribution >= 4 is 27.1 Å². The van der Waals surface area contributed by atoms with Crippen molar-refractivity contribution < 1.29 is 13.2 Å². The van der Waals surface area contributed by atoms with Crippen LogP contribution in [0.25, 0.3) is 0 Å². The minimum Gasteiger partial charge on any atom is -0.345 e. The first-order chi connectivity index (χ1) is 11.0. The molecule has 1 amide bonds. The fourth-order valence-electron chi connectivity index (χ4n) is 3.82. The summed E-state index contributed by atoms with van der Waals surface area (Å²) in [5.74, 6) is 0.732. The molecular formula is C18H27NO3S2. The fraction of sp³-hybridized carbons (Fsp3) is 0.722. The predicted octanol–water partition coefficient (Wildman–Crippen LogP) is 3.21. The van der Waals surface area contributed by atoms with Crippen LogP contribution in [0.1, 0.15) is 60.6 Å². The van der Waals surface area contributed by atoms with Crippen LogP contribution in [0, 0.1) is 11.3 Å². The minimum atomic E-state index is -3.02. The summed E-state index contributed by atoms with van der Waals surface area (Å²) in [6, 6.07) is 2.03. The van der Waals surface area contributed by atoms with Crippen LogP contribution in [0.3, 0.4) is 0 Å². The van der Waals surface area contributed by atoms with Gasteiger partial charge in [-0.1, -0.05) is 20.8 Å². The monoisotopic (exact) mass is 369 g/mol. The molecule has 0 radical (unpaired) electrons. The van der Waals surface area contributed by atoms with Gasteiger partial charge in [0.2, 0.25) is 0 Å². The van der Waals surface area contributed by atoms with Gasteiger partial charge in [0.15, 0.2) is 9.84 Å². The lowest BCUT2D eigenvalue weighted by Gasteiger charge is -2.33. The minimum absolute atomic E-state index is 0.0446. The van der Waals surface area contributed by atoms with Gasteiger partial charge in [0.1, 0.15) is 0 Å². The molecule has 1 aromatic heterocycles. The summed E-state index contributed by atoms with van der Waals surface area (Å²) in [4.78, 5) is 14.7. The molecule has 1 N–H and O–H groups in total. The highest BCUT2D eigenvalue weighted by Gasteiger charge is 2.40. The molecule has 1 aliphatic heterocycles. The summed E-state index contributed by atoms with van der Waals surface area (Å²) < 4.78 is 23.4. The zero-order valence-electron chi connectivity index (χ0n) is 14.9. The van der Waals surface area contributed by atoms with Crippen molar-refractivity contribution in [1.29, 1.82) is 0 Å². The summed E-state index contributed by atoms with van der Waals surface area (Å²) in [7, 11) is -3.02.